The quantitative estimate of drug-likeness (QED) is 0.292. The Kier molecular flexibility index (Phi) is 3.56. The van der Waals surface area contributed by atoms with Crippen LogP contribution in [-0.2, 0) is 0 Å². The Balaban J connectivity index is 1.66. The van der Waals surface area contributed by atoms with Gasteiger partial charge in [0.25, 0.3) is 0 Å². The summed E-state index contributed by atoms with van der Waals surface area (Å²) in [5, 5.41) is 2.73. The van der Waals surface area contributed by atoms with Crippen molar-refractivity contribution in [1.82, 2.24) is 0 Å². The first kappa shape index (κ1) is 15.3. The van der Waals surface area contributed by atoms with E-state index in [1.54, 1.807) is 0 Å². The molecule has 3 aromatic heterocycles. The lowest BCUT2D eigenvalue weighted by atomic mass is 10.1. The first-order valence-corrected chi connectivity index (χ1v) is 10.7. The number of hydrogen-bond acceptors (Lipinski definition) is 3. The average molecular weight is 377 g/mol. The summed E-state index contributed by atoms with van der Waals surface area (Å²) in [7, 11) is 0. The second-order valence-corrected chi connectivity index (χ2v) is 10.0. The van der Waals surface area contributed by atoms with Gasteiger partial charge in [0, 0.05) is 39.7 Å². The minimum Gasteiger partial charge on any atom is -0.141 e. The van der Waals surface area contributed by atoms with Gasteiger partial charge in [-0.3, -0.25) is 0 Å². The molecule has 0 N–H and O–H groups in total. The Morgan fingerprint density at radius 2 is 1.00 bits per heavy atom. The number of thiophene rings is 3. The van der Waals surface area contributed by atoms with E-state index in [0.29, 0.717) is 0 Å². The molecule has 0 radical (unpaired) electrons. The van der Waals surface area contributed by atoms with Crippen LogP contribution in [0.3, 0.4) is 0 Å². The molecule has 0 spiro atoms. The molecule has 3 heterocycles. The fraction of sp³-hybridized carbons (Fsp3) is 0.0909. The van der Waals surface area contributed by atoms with Crippen molar-refractivity contribution < 1.29 is 0 Å². The van der Waals surface area contributed by atoms with E-state index in [1.807, 2.05) is 34.0 Å². The van der Waals surface area contributed by atoms with Crippen LogP contribution in [0.4, 0.5) is 0 Å². The molecule has 5 rings (SSSR count). The Labute approximate surface area is 159 Å². The molecular weight excluding hydrogens is 360 g/mol. The summed E-state index contributed by atoms with van der Waals surface area (Å²) in [4.78, 5) is 5.43. The van der Waals surface area contributed by atoms with Gasteiger partial charge in [0.15, 0.2) is 0 Å². The van der Waals surface area contributed by atoms with E-state index in [1.165, 1.54) is 50.8 Å². The van der Waals surface area contributed by atoms with Gasteiger partial charge in [0.05, 0.1) is 0 Å². The Hall–Kier alpha value is -1.94. The molecule has 0 saturated heterocycles. The highest BCUT2D eigenvalue weighted by Gasteiger charge is 2.10. The van der Waals surface area contributed by atoms with Crippen LogP contribution >= 0.6 is 34.0 Å². The van der Waals surface area contributed by atoms with Crippen LogP contribution in [-0.4, -0.2) is 0 Å². The van der Waals surface area contributed by atoms with Crippen LogP contribution in [0, 0.1) is 13.8 Å². The van der Waals surface area contributed by atoms with Gasteiger partial charge in [0.1, 0.15) is 0 Å². The van der Waals surface area contributed by atoms with Crippen LogP contribution in [0.25, 0.3) is 41.1 Å². The van der Waals surface area contributed by atoms with Crippen molar-refractivity contribution in [1.29, 1.82) is 0 Å². The summed E-state index contributed by atoms with van der Waals surface area (Å²) >= 11 is 5.63. The molecule has 0 unspecified atom stereocenters. The summed E-state index contributed by atoms with van der Waals surface area (Å²) in [6, 6.07) is 22.6. The molecule has 2 aromatic carbocycles. The van der Waals surface area contributed by atoms with Gasteiger partial charge in [-0.05, 0) is 61.4 Å². The maximum atomic E-state index is 2.35. The van der Waals surface area contributed by atoms with Crippen molar-refractivity contribution in [2.45, 2.75) is 13.8 Å². The third-order valence-electron chi connectivity index (χ3n) is 4.52. The zero-order valence-corrected chi connectivity index (χ0v) is 16.4. The van der Waals surface area contributed by atoms with Gasteiger partial charge in [-0.25, -0.2) is 0 Å². The van der Waals surface area contributed by atoms with Gasteiger partial charge in [-0.1, -0.05) is 24.3 Å². The van der Waals surface area contributed by atoms with Crippen LogP contribution in [0.2, 0.25) is 0 Å². The SMILES string of the molecule is Cc1ccc(-c2ccc3c(c2)sc2cc(-c4ccc(C)s4)ccc23)s1. The van der Waals surface area contributed by atoms with Crippen LogP contribution < -0.4 is 0 Å². The minimum absolute atomic E-state index is 1.33. The normalized spacial score (nSPS) is 11.6. The van der Waals surface area contributed by atoms with E-state index in [-0.39, 0.29) is 0 Å². The van der Waals surface area contributed by atoms with Crippen molar-refractivity contribution in [2.24, 2.45) is 0 Å². The zero-order valence-electron chi connectivity index (χ0n) is 14.0. The predicted octanol–water partition coefficient (Wildman–Crippen LogP) is 8.13. The standard InChI is InChI=1S/C22H16S3/c1-13-3-9-19(23-13)15-5-7-17-18-8-6-16(20-10-4-14(2)24-20)12-22(18)25-21(17)11-15/h3-12H,1-2H3. The molecule has 25 heavy (non-hydrogen) atoms. The minimum atomic E-state index is 1.33. The first-order valence-electron chi connectivity index (χ1n) is 8.27. The lowest BCUT2D eigenvalue weighted by molar-refractivity contribution is 1.64. The molecule has 122 valence electrons. The fourth-order valence-corrected chi connectivity index (χ4v) is 6.18. The predicted molar refractivity (Wildman–Crippen MR) is 115 cm³/mol. The van der Waals surface area contributed by atoms with Gasteiger partial charge in [-0.15, -0.1) is 34.0 Å². The van der Waals surface area contributed by atoms with Crippen molar-refractivity contribution in [2.75, 3.05) is 0 Å². The molecule has 0 fully saturated rings. The highest BCUT2D eigenvalue weighted by atomic mass is 32.1. The molecule has 0 amide bonds. The van der Waals surface area contributed by atoms with Crippen molar-refractivity contribution in [3.8, 4) is 20.9 Å². The number of aryl methyl sites for hydroxylation is 2. The van der Waals surface area contributed by atoms with E-state index < -0.39 is 0 Å². The highest BCUT2D eigenvalue weighted by molar-refractivity contribution is 7.26. The molecule has 0 saturated carbocycles. The average Bonchev–Trinajstić information content (AvgIpc) is 3.31. The maximum Gasteiger partial charge on any atom is 0.0361 e. The largest absolute Gasteiger partial charge is 0.141 e. The first-order chi connectivity index (χ1) is 12.2. The Morgan fingerprint density at radius 1 is 0.520 bits per heavy atom. The molecule has 0 aliphatic heterocycles. The molecule has 0 bridgehead atoms. The van der Waals surface area contributed by atoms with E-state index in [0.717, 1.165) is 0 Å². The van der Waals surface area contributed by atoms with Crippen LogP contribution in [0.1, 0.15) is 9.75 Å². The molecule has 0 nitrogen and oxygen atoms in total. The molecule has 0 aliphatic carbocycles. The third kappa shape index (κ3) is 2.63. The summed E-state index contributed by atoms with van der Waals surface area (Å²) in [5.74, 6) is 0. The summed E-state index contributed by atoms with van der Waals surface area (Å²) in [6.45, 7) is 4.33. The molecule has 3 heteroatoms. The number of benzene rings is 2. The van der Waals surface area contributed by atoms with Crippen LogP contribution in [0.15, 0.2) is 60.7 Å². The fourth-order valence-electron chi connectivity index (χ4n) is 3.26. The summed E-state index contributed by atoms with van der Waals surface area (Å²) in [6.07, 6.45) is 0. The monoisotopic (exact) mass is 376 g/mol. The number of rotatable bonds is 2. The van der Waals surface area contributed by atoms with Gasteiger partial charge < -0.3 is 0 Å². The third-order valence-corrected chi connectivity index (χ3v) is 7.74. The smallest absolute Gasteiger partial charge is 0.0361 e. The summed E-state index contributed by atoms with van der Waals surface area (Å²) < 4.78 is 2.75. The highest BCUT2D eigenvalue weighted by Crippen LogP contribution is 2.40. The topological polar surface area (TPSA) is 0 Å². The second-order valence-electron chi connectivity index (χ2n) is 6.34. The maximum absolute atomic E-state index is 2.35. The summed E-state index contributed by atoms with van der Waals surface area (Å²) in [5.41, 5.74) is 2.65. The van der Waals surface area contributed by atoms with Crippen LogP contribution in [0.5, 0.6) is 0 Å². The Morgan fingerprint density at radius 3 is 1.40 bits per heavy atom. The molecule has 5 aromatic rings. The van der Waals surface area contributed by atoms with E-state index in [2.05, 4.69) is 74.5 Å². The lowest BCUT2D eigenvalue weighted by Gasteiger charge is -1.99. The zero-order chi connectivity index (χ0) is 17.0. The number of fused-ring (bicyclic) bond motifs is 3. The Bertz CT molecular complexity index is 1120. The van der Waals surface area contributed by atoms with E-state index >= 15 is 0 Å². The van der Waals surface area contributed by atoms with Gasteiger partial charge >= 0.3 is 0 Å². The molecule has 0 aliphatic rings. The second kappa shape index (κ2) is 5.80. The lowest BCUT2D eigenvalue weighted by Crippen LogP contribution is -1.73. The molecular formula is C22H16S3. The molecule has 0 atom stereocenters. The van der Waals surface area contributed by atoms with Crippen molar-refractivity contribution in [3.05, 3.63) is 70.4 Å². The number of hydrogen-bond donors (Lipinski definition) is 0. The van der Waals surface area contributed by atoms with E-state index in [4.69, 9.17) is 0 Å². The van der Waals surface area contributed by atoms with Gasteiger partial charge in [0.2, 0.25) is 0 Å². The van der Waals surface area contributed by atoms with E-state index in [9.17, 15) is 0 Å². The van der Waals surface area contributed by atoms with Crippen molar-refractivity contribution >= 4 is 54.2 Å². The van der Waals surface area contributed by atoms with Gasteiger partial charge in [-0.2, -0.15) is 0 Å². The van der Waals surface area contributed by atoms with Crippen molar-refractivity contribution in [3.63, 3.8) is 0 Å².